The van der Waals surface area contributed by atoms with Gasteiger partial charge in [-0.05, 0) is 30.3 Å². The molecule has 3 aromatic rings. The van der Waals surface area contributed by atoms with Crippen molar-refractivity contribution in [2.24, 2.45) is 0 Å². The summed E-state index contributed by atoms with van der Waals surface area (Å²) in [5, 5.41) is 8.46. The van der Waals surface area contributed by atoms with E-state index in [2.05, 4.69) is 10.2 Å². The number of benzene rings is 2. The molecule has 2 heterocycles. The Hall–Kier alpha value is -3.00. The first-order valence-corrected chi connectivity index (χ1v) is 9.88. The van der Waals surface area contributed by atoms with Gasteiger partial charge in [0, 0.05) is 17.9 Å². The van der Waals surface area contributed by atoms with Gasteiger partial charge >= 0.3 is 0 Å². The zero-order valence-electron chi connectivity index (χ0n) is 15.6. The van der Waals surface area contributed by atoms with Gasteiger partial charge in [0.05, 0.1) is 26.1 Å². The quantitative estimate of drug-likeness (QED) is 0.660. The normalized spacial score (nSPS) is 16.2. The zero-order valence-corrected chi connectivity index (χ0v) is 16.4. The van der Waals surface area contributed by atoms with Crippen molar-refractivity contribution >= 4 is 17.7 Å². The first kappa shape index (κ1) is 18.4. The number of nitrogens with zero attached hydrogens (tertiary/aromatic N) is 4. The van der Waals surface area contributed by atoms with Gasteiger partial charge in [-0.25, -0.2) is 0 Å². The molecule has 0 bridgehead atoms. The summed E-state index contributed by atoms with van der Waals surface area (Å²) in [5.74, 6) is 2.14. The number of hydrogen-bond donors (Lipinski definition) is 0. The average molecular weight is 396 g/mol. The van der Waals surface area contributed by atoms with Crippen LogP contribution in [0.5, 0.6) is 11.5 Å². The molecule has 1 fully saturated rings. The molecule has 28 heavy (non-hydrogen) atoms. The molecule has 8 heteroatoms. The fraction of sp³-hybridized carbons (Fsp3) is 0.250. The van der Waals surface area contributed by atoms with E-state index in [1.165, 1.54) is 11.0 Å². The molecule has 0 radical (unpaired) electrons. The minimum absolute atomic E-state index is 0.151. The van der Waals surface area contributed by atoms with Crippen LogP contribution in [0, 0.1) is 0 Å². The highest BCUT2D eigenvalue weighted by molar-refractivity contribution is 7.99. The highest BCUT2D eigenvalue weighted by atomic mass is 32.2. The maximum absolute atomic E-state index is 13.2. The third kappa shape index (κ3) is 3.43. The van der Waals surface area contributed by atoms with Crippen LogP contribution in [0.1, 0.15) is 21.4 Å². The van der Waals surface area contributed by atoms with Gasteiger partial charge in [-0.1, -0.05) is 18.2 Å². The van der Waals surface area contributed by atoms with Crippen molar-refractivity contribution in [2.75, 3.05) is 26.5 Å². The Labute approximate surface area is 167 Å². The predicted octanol–water partition coefficient (Wildman–Crippen LogP) is 3.17. The Morgan fingerprint density at radius 3 is 2.71 bits per heavy atom. The van der Waals surface area contributed by atoms with Crippen molar-refractivity contribution in [3.8, 4) is 17.2 Å². The fourth-order valence-corrected chi connectivity index (χ4v) is 4.43. The molecule has 1 atom stereocenters. The number of amides is 1. The summed E-state index contributed by atoms with van der Waals surface area (Å²) >= 11 is 1.69. The smallest absolute Gasteiger partial charge is 0.277 e. The Morgan fingerprint density at radius 1 is 1.14 bits per heavy atom. The molecule has 1 aliphatic rings. The molecule has 1 aromatic heterocycles. The number of rotatable bonds is 5. The Balaban J connectivity index is 1.62. The van der Waals surface area contributed by atoms with E-state index in [0.717, 1.165) is 28.5 Å². The maximum Gasteiger partial charge on any atom is 0.277 e. The molecule has 0 aliphatic carbocycles. The molecular formula is C20H20N4O3S. The van der Waals surface area contributed by atoms with Gasteiger partial charge in [0.15, 0.2) is 5.69 Å². The van der Waals surface area contributed by atoms with Crippen LogP contribution < -0.4 is 9.47 Å². The lowest BCUT2D eigenvalue weighted by Gasteiger charge is -2.25. The lowest BCUT2D eigenvalue weighted by atomic mass is 10.1. The lowest BCUT2D eigenvalue weighted by Crippen LogP contribution is -2.31. The molecule has 1 amide bonds. The Morgan fingerprint density at radius 2 is 1.96 bits per heavy atom. The number of methoxy groups -OCH3 is 2. The van der Waals surface area contributed by atoms with Gasteiger partial charge in [-0.2, -0.15) is 9.90 Å². The molecule has 2 aromatic carbocycles. The summed E-state index contributed by atoms with van der Waals surface area (Å²) in [5.41, 5.74) is 2.04. The van der Waals surface area contributed by atoms with E-state index in [1.54, 1.807) is 30.9 Å². The second kappa shape index (κ2) is 7.93. The van der Waals surface area contributed by atoms with E-state index in [4.69, 9.17) is 9.47 Å². The van der Waals surface area contributed by atoms with Crippen molar-refractivity contribution in [1.82, 2.24) is 19.9 Å². The standard InChI is InChI=1S/C20H20N4O3S/c1-26-15-8-9-18(27-2)16(12-15)20-23(10-11-28-20)19(25)17-13-21-24(22-17)14-6-4-3-5-7-14/h3-9,12-13,20H,10-11H2,1-2H3. The third-order valence-electron chi connectivity index (χ3n) is 4.55. The van der Waals surface area contributed by atoms with E-state index in [9.17, 15) is 4.79 Å². The topological polar surface area (TPSA) is 69.5 Å². The minimum atomic E-state index is -0.167. The number of carbonyl (C=O) groups excluding carboxylic acids is 1. The van der Waals surface area contributed by atoms with Crippen molar-refractivity contribution < 1.29 is 14.3 Å². The molecule has 0 saturated carbocycles. The molecule has 144 valence electrons. The molecule has 7 nitrogen and oxygen atoms in total. The van der Waals surface area contributed by atoms with E-state index < -0.39 is 0 Å². The third-order valence-corrected chi connectivity index (χ3v) is 5.80. The van der Waals surface area contributed by atoms with Crippen LogP contribution in [0.15, 0.2) is 54.7 Å². The summed E-state index contributed by atoms with van der Waals surface area (Å²) in [6, 6.07) is 15.1. The van der Waals surface area contributed by atoms with E-state index in [1.807, 2.05) is 48.5 Å². The van der Waals surface area contributed by atoms with Crippen LogP contribution >= 0.6 is 11.8 Å². The zero-order chi connectivity index (χ0) is 19.5. The summed E-state index contributed by atoms with van der Waals surface area (Å²) < 4.78 is 10.9. The van der Waals surface area contributed by atoms with Crippen molar-refractivity contribution in [3.63, 3.8) is 0 Å². The largest absolute Gasteiger partial charge is 0.497 e. The van der Waals surface area contributed by atoms with Crippen molar-refractivity contribution in [3.05, 3.63) is 66.0 Å². The van der Waals surface area contributed by atoms with E-state index in [0.29, 0.717) is 12.2 Å². The molecule has 0 spiro atoms. The number of aromatic nitrogens is 3. The minimum Gasteiger partial charge on any atom is -0.497 e. The molecule has 1 unspecified atom stereocenters. The number of hydrogen-bond acceptors (Lipinski definition) is 6. The van der Waals surface area contributed by atoms with Crippen LogP contribution in [0.3, 0.4) is 0 Å². The van der Waals surface area contributed by atoms with E-state index >= 15 is 0 Å². The first-order chi connectivity index (χ1) is 13.7. The summed E-state index contributed by atoms with van der Waals surface area (Å²) in [6.45, 7) is 0.632. The monoisotopic (exact) mass is 396 g/mol. The Bertz CT molecular complexity index is 977. The van der Waals surface area contributed by atoms with Gasteiger partial charge in [-0.15, -0.1) is 16.9 Å². The van der Waals surface area contributed by atoms with Gasteiger partial charge in [-0.3, -0.25) is 4.79 Å². The van der Waals surface area contributed by atoms with Crippen LogP contribution in [0.25, 0.3) is 5.69 Å². The van der Waals surface area contributed by atoms with Crippen LogP contribution in [0.2, 0.25) is 0 Å². The maximum atomic E-state index is 13.2. The highest BCUT2D eigenvalue weighted by Gasteiger charge is 2.34. The van der Waals surface area contributed by atoms with Crippen molar-refractivity contribution in [1.29, 1.82) is 0 Å². The SMILES string of the molecule is COc1ccc(OC)c(C2SCCN2C(=O)c2cnn(-c3ccccc3)n2)c1. The van der Waals surface area contributed by atoms with Crippen molar-refractivity contribution in [2.45, 2.75) is 5.37 Å². The fourth-order valence-electron chi connectivity index (χ4n) is 3.16. The summed E-state index contributed by atoms with van der Waals surface area (Å²) in [4.78, 5) is 16.4. The molecule has 0 N–H and O–H groups in total. The number of para-hydroxylation sites is 1. The number of carbonyl (C=O) groups is 1. The highest BCUT2D eigenvalue weighted by Crippen LogP contribution is 2.43. The van der Waals surface area contributed by atoms with Crippen LogP contribution in [-0.4, -0.2) is 52.3 Å². The molecule has 1 saturated heterocycles. The molecular weight excluding hydrogens is 376 g/mol. The second-order valence-electron chi connectivity index (χ2n) is 6.18. The lowest BCUT2D eigenvalue weighted by molar-refractivity contribution is 0.0752. The summed E-state index contributed by atoms with van der Waals surface area (Å²) in [7, 11) is 3.25. The van der Waals surface area contributed by atoms with Crippen LogP contribution in [-0.2, 0) is 0 Å². The summed E-state index contributed by atoms with van der Waals surface area (Å²) in [6.07, 6.45) is 1.51. The second-order valence-corrected chi connectivity index (χ2v) is 7.37. The van der Waals surface area contributed by atoms with E-state index in [-0.39, 0.29) is 11.3 Å². The number of ether oxygens (including phenoxy) is 2. The van der Waals surface area contributed by atoms with Gasteiger partial charge in [0.1, 0.15) is 16.9 Å². The molecule has 1 aliphatic heterocycles. The average Bonchev–Trinajstić information content (AvgIpc) is 3.43. The van der Waals surface area contributed by atoms with Crippen LogP contribution in [0.4, 0.5) is 0 Å². The first-order valence-electron chi connectivity index (χ1n) is 8.83. The predicted molar refractivity (Wildman–Crippen MR) is 107 cm³/mol. The van der Waals surface area contributed by atoms with Gasteiger partial charge in [0.2, 0.25) is 0 Å². The molecule has 4 rings (SSSR count). The van der Waals surface area contributed by atoms with Gasteiger partial charge < -0.3 is 14.4 Å². The Kier molecular flexibility index (Phi) is 5.21. The number of thioether (sulfide) groups is 1. The van der Waals surface area contributed by atoms with Gasteiger partial charge in [0.25, 0.3) is 5.91 Å².